The van der Waals surface area contributed by atoms with Crippen molar-refractivity contribution in [2.75, 3.05) is 5.73 Å². The third kappa shape index (κ3) is 2.77. The van der Waals surface area contributed by atoms with Crippen LogP contribution in [0.1, 0.15) is 48.3 Å². The summed E-state index contributed by atoms with van der Waals surface area (Å²) >= 11 is 1.37. The summed E-state index contributed by atoms with van der Waals surface area (Å²) in [6.07, 6.45) is 4.73. The van der Waals surface area contributed by atoms with Gasteiger partial charge in [-0.05, 0) is 31.4 Å². The van der Waals surface area contributed by atoms with Crippen molar-refractivity contribution in [3.05, 3.63) is 22.7 Å². The van der Waals surface area contributed by atoms with Gasteiger partial charge in [-0.15, -0.1) is 11.3 Å². The first-order chi connectivity index (χ1) is 9.58. The standard InChI is InChI=1S/C15H21N3OS/c1-4-6-10(5-2)18-14(19)13-12(16)11-9(3)7-8-17-15(11)20-13/h7-8,10H,4-6,16H2,1-3H3,(H,18,19). The van der Waals surface area contributed by atoms with Gasteiger partial charge in [-0.2, -0.15) is 0 Å². The second kappa shape index (κ2) is 6.22. The fourth-order valence-electron chi connectivity index (χ4n) is 2.35. The van der Waals surface area contributed by atoms with Crippen LogP contribution in [0.5, 0.6) is 0 Å². The van der Waals surface area contributed by atoms with Gasteiger partial charge in [-0.3, -0.25) is 4.79 Å². The number of anilines is 1. The second-order valence-electron chi connectivity index (χ2n) is 5.02. The maximum atomic E-state index is 12.4. The average Bonchev–Trinajstić information content (AvgIpc) is 2.77. The molecule has 0 fully saturated rings. The average molecular weight is 291 g/mol. The normalized spacial score (nSPS) is 12.6. The van der Waals surface area contributed by atoms with Gasteiger partial charge in [0.1, 0.15) is 9.71 Å². The van der Waals surface area contributed by atoms with Crippen molar-refractivity contribution in [3.63, 3.8) is 0 Å². The van der Waals surface area contributed by atoms with Crippen LogP contribution in [-0.2, 0) is 0 Å². The molecular formula is C15H21N3OS. The number of nitrogen functional groups attached to an aromatic ring is 1. The zero-order chi connectivity index (χ0) is 14.7. The lowest BCUT2D eigenvalue weighted by Crippen LogP contribution is -2.34. The second-order valence-corrected chi connectivity index (χ2v) is 6.02. The van der Waals surface area contributed by atoms with Gasteiger partial charge in [-0.25, -0.2) is 4.98 Å². The van der Waals surface area contributed by atoms with Gasteiger partial charge < -0.3 is 11.1 Å². The first-order valence-corrected chi connectivity index (χ1v) is 7.84. The Labute approximate surface area is 123 Å². The first-order valence-electron chi connectivity index (χ1n) is 7.02. The molecule has 0 radical (unpaired) electrons. The maximum Gasteiger partial charge on any atom is 0.263 e. The zero-order valence-electron chi connectivity index (χ0n) is 12.2. The highest BCUT2D eigenvalue weighted by Gasteiger charge is 2.20. The van der Waals surface area contributed by atoms with Crippen LogP contribution in [0.15, 0.2) is 12.3 Å². The Balaban J connectivity index is 2.31. The molecule has 2 rings (SSSR count). The van der Waals surface area contributed by atoms with E-state index in [9.17, 15) is 4.79 Å². The smallest absolute Gasteiger partial charge is 0.263 e. The van der Waals surface area contributed by atoms with Crippen molar-refractivity contribution in [2.45, 2.75) is 46.1 Å². The van der Waals surface area contributed by atoms with Crippen LogP contribution < -0.4 is 11.1 Å². The molecule has 0 bridgehead atoms. The van der Waals surface area contributed by atoms with Crippen molar-refractivity contribution >= 4 is 33.1 Å². The lowest BCUT2D eigenvalue weighted by atomic mass is 10.1. The molecule has 5 heteroatoms. The quantitative estimate of drug-likeness (QED) is 0.886. The number of nitrogens with zero attached hydrogens (tertiary/aromatic N) is 1. The zero-order valence-corrected chi connectivity index (χ0v) is 13.0. The Morgan fingerprint density at radius 2 is 2.25 bits per heavy atom. The van der Waals surface area contributed by atoms with Gasteiger partial charge in [0, 0.05) is 17.6 Å². The summed E-state index contributed by atoms with van der Waals surface area (Å²) < 4.78 is 0. The van der Waals surface area contributed by atoms with Crippen molar-refractivity contribution in [3.8, 4) is 0 Å². The Morgan fingerprint density at radius 3 is 2.85 bits per heavy atom. The number of aromatic nitrogens is 1. The minimum atomic E-state index is -0.0785. The monoisotopic (exact) mass is 291 g/mol. The van der Waals surface area contributed by atoms with Crippen LogP contribution in [0.3, 0.4) is 0 Å². The van der Waals surface area contributed by atoms with Crippen molar-refractivity contribution in [2.24, 2.45) is 0 Å². The third-order valence-corrected chi connectivity index (χ3v) is 4.62. The maximum absolute atomic E-state index is 12.4. The third-order valence-electron chi connectivity index (χ3n) is 3.51. The summed E-state index contributed by atoms with van der Waals surface area (Å²) in [6.45, 7) is 6.19. The first kappa shape index (κ1) is 14.8. The molecule has 0 spiro atoms. The van der Waals surface area contributed by atoms with Crippen LogP contribution in [0, 0.1) is 6.92 Å². The number of rotatable bonds is 5. The SMILES string of the molecule is CCCC(CC)NC(=O)c1sc2nccc(C)c2c1N. The number of amides is 1. The Morgan fingerprint density at radius 1 is 1.50 bits per heavy atom. The van der Waals surface area contributed by atoms with Crippen molar-refractivity contribution < 1.29 is 4.79 Å². The Kier molecular flexibility index (Phi) is 4.60. The van der Waals surface area contributed by atoms with E-state index in [-0.39, 0.29) is 11.9 Å². The summed E-state index contributed by atoms with van der Waals surface area (Å²) in [5, 5.41) is 3.98. The predicted molar refractivity (Wildman–Crippen MR) is 85.2 cm³/mol. The van der Waals surface area contributed by atoms with E-state index in [0.29, 0.717) is 10.6 Å². The molecule has 0 saturated heterocycles. The van der Waals surface area contributed by atoms with Crippen molar-refractivity contribution in [1.82, 2.24) is 10.3 Å². The molecule has 108 valence electrons. The van der Waals surface area contributed by atoms with Gasteiger partial charge in [0.15, 0.2) is 0 Å². The van der Waals surface area contributed by atoms with Crippen LogP contribution in [0.4, 0.5) is 5.69 Å². The molecular weight excluding hydrogens is 270 g/mol. The molecule has 0 aliphatic heterocycles. The molecule has 1 atom stereocenters. The molecule has 1 unspecified atom stereocenters. The van der Waals surface area contributed by atoms with E-state index in [1.54, 1.807) is 6.20 Å². The molecule has 3 N–H and O–H groups in total. The lowest BCUT2D eigenvalue weighted by Gasteiger charge is -2.15. The fraction of sp³-hybridized carbons (Fsp3) is 0.467. The summed E-state index contributed by atoms with van der Waals surface area (Å²) in [4.78, 5) is 18.1. The fourth-order valence-corrected chi connectivity index (χ4v) is 3.39. The topological polar surface area (TPSA) is 68.0 Å². The van der Waals surface area contributed by atoms with Crippen LogP contribution in [-0.4, -0.2) is 16.9 Å². The highest BCUT2D eigenvalue weighted by molar-refractivity contribution is 7.21. The highest BCUT2D eigenvalue weighted by Crippen LogP contribution is 2.34. The highest BCUT2D eigenvalue weighted by atomic mass is 32.1. The summed E-state index contributed by atoms with van der Waals surface area (Å²) in [6, 6.07) is 2.13. The van der Waals surface area contributed by atoms with Crippen LogP contribution in [0.25, 0.3) is 10.2 Å². The van der Waals surface area contributed by atoms with E-state index in [1.807, 2.05) is 13.0 Å². The van der Waals surface area contributed by atoms with E-state index in [1.165, 1.54) is 11.3 Å². The van der Waals surface area contributed by atoms with Crippen molar-refractivity contribution in [1.29, 1.82) is 0 Å². The van der Waals surface area contributed by atoms with Gasteiger partial charge in [0.2, 0.25) is 0 Å². The summed E-state index contributed by atoms with van der Waals surface area (Å²) in [7, 11) is 0. The summed E-state index contributed by atoms with van der Waals surface area (Å²) in [5.41, 5.74) is 7.76. The van der Waals surface area contributed by atoms with Gasteiger partial charge >= 0.3 is 0 Å². The minimum absolute atomic E-state index is 0.0785. The molecule has 2 aromatic heterocycles. The van der Waals surface area contributed by atoms with E-state index in [0.717, 1.165) is 35.0 Å². The molecule has 4 nitrogen and oxygen atoms in total. The number of hydrogen-bond donors (Lipinski definition) is 2. The van der Waals surface area contributed by atoms with E-state index >= 15 is 0 Å². The molecule has 2 aromatic rings. The van der Waals surface area contributed by atoms with Gasteiger partial charge in [0.25, 0.3) is 5.91 Å². The number of thiophene rings is 1. The lowest BCUT2D eigenvalue weighted by molar-refractivity contribution is 0.0938. The summed E-state index contributed by atoms with van der Waals surface area (Å²) in [5.74, 6) is -0.0785. The number of hydrogen-bond acceptors (Lipinski definition) is 4. The minimum Gasteiger partial charge on any atom is -0.397 e. The molecule has 0 saturated carbocycles. The van der Waals surface area contributed by atoms with E-state index in [4.69, 9.17) is 5.73 Å². The van der Waals surface area contributed by atoms with E-state index in [2.05, 4.69) is 24.1 Å². The number of pyridine rings is 1. The number of fused-ring (bicyclic) bond motifs is 1. The molecule has 20 heavy (non-hydrogen) atoms. The molecule has 1 amide bonds. The van der Waals surface area contributed by atoms with Gasteiger partial charge in [-0.1, -0.05) is 20.3 Å². The number of carbonyl (C=O) groups is 1. The predicted octanol–water partition coefficient (Wildman–Crippen LogP) is 3.50. The molecule has 0 aromatic carbocycles. The molecule has 0 aliphatic carbocycles. The van der Waals surface area contributed by atoms with Gasteiger partial charge in [0.05, 0.1) is 5.69 Å². The van der Waals surface area contributed by atoms with Crippen LogP contribution in [0.2, 0.25) is 0 Å². The Bertz CT molecular complexity index is 621. The van der Waals surface area contributed by atoms with E-state index < -0.39 is 0 Å². The molecule has 0 aliphatic rings. The molecule has 2 heterocycles. The number of carbonyl (C=O) groups excluding carboxylic acids is 1. The number of aryl methyl sites for hydroxylation is 1. The largest absolute Gasteiger partial charge is 0.397 e. The number of nitrogens with one attached hydrogen (secondary N) is 1. The number of nitrogens with two attached hydrogens (primary N) is 1. The Hall–Kier alpha value is -1.62. The van der Waals surface area contributed by atoms with Crippen LogP contribution >= 0.6 is 11.3 Å².